The maximum atomic E-state index is 12.3. The Bertz CT molecular complexity index is 607. The topological polar surface area (TPSA) is 49.4 Å². The zero-order chi connectivity index (χ0) is 16.5. The van der Waals surface area contributed by atoms with Crippen molar-refractivity contribution in [2.45, 2.75) is 12.6 Å². The molecule has 0 bridgehead atoms. The molecule has 9 heteroatoms. The summed E-state index contributed by atoms with van der Waals surface area (Å²) in [7, 11) is 0. The van der Waals surface area contributed by atoms with Crippen LogP contribution in [0.15, 0.2) is 27.1 Å². The van der Waals surface area contributed by atoms with Crippen molar-refractivity contribution >= 4 is 49.4 Å². The minimum Gasteiger partial charge on any atom is -0.333 e. The number of hydrogen-bond donors (Lipinski definition) is 1. The number of likely N-dealkylation sites (tertiary alicyclic amines) is 1. The Morgan fingerprint density at radius 3 is 2.64 bits per heavy atom. The summed E-state index contributed by atoms with van der Waals surface area (Å²) in [5.41, 5.74) is 0.495. The normalized spacial score (nSPS) is 18.7. The van der Waals surface area contributed by atoms with Crippen molar-refractivity contribution in [3.8, 4) is 0 Å². The van der Waals surface area contributed by atoms with Gasteiger partial charge in [-0.1, -0.05) is 15.9 Å². The smallest absolute Gasteiger partial charge is 0.333 e. The SMILES string of the molecule is O=C(Nc1ccc(Br)cc1Br)C1CC(=O)N(CC(F)(F)F)C1. The molecule has 1 aliphatic rings. The van der Waals surface area contributed by atoms with Crippen molar-refractivity contribution in [2.75, 3.05) is 18.4 Å². The van der Waals surface area contributed by atoms with Crippen molar-refractivity contribution in [3.05, 3.63) is 27.1 Å². The Balaban J connectivity index is 2.01. The van der Waals surface area contributed by atoms with Crippen molar-refractivity contribution < 1.29 is 22.8 Å². The fourth-order valence-corrected chi connectivity index (χ4v) is 3.29. The highest BCUT2D eigenvalue weighted by Crippen LogP contribution is 2.28. The van der Waals surface area contributed by atoms with Gasteiger partial charge in [-0.15, -0.1) is 0 Å². The second-order valence-corrected chi connectivity index (χ2v) is 6.67. The molecular formula is C13H11Br2F3N2O2. The van der Waals surface area contributed by atoms with Gasteiger partial charge in [-0.05, 0) is 34.1 Å². The Morgan fingerprint density at radius 1 is 1.36 bits per heavy atom. The van der Waals surface area contributed by atoms with E-state index in [-0.39, 0.29) is 13.0 Å². The minimum atomic E-state index is -4.46. The van der Waals surface area contributed by atoms with Crippen LogP contribution in [-0.4, -0.2) is 36.0 Å². The molecule has 0 spiro atoms. The highest BCUT2D eigenvalue weighted by atomic mass is 79.9. The van der Waals surface area contributed by atoms with E-state index in [0.29, 0.717) is 15.1 Å². The zero-order valence-corrected chi connectivity index (χ0v) is 14.3. The monoisotopic (exact) mass is 442 g/mol. The van der Waals surface area contributed by atoms with Crippen LogP contribution >= 0.6 is 31.9 Å². The second kappa shape index (κ2) is 6.57. The van der Waals surface area contributed by atoms with Gasteiger partial charge in [-0.3, -0.25) is 9.59 Å². The molecule has 1 fully saturated rings. The molecule has 0 radical (unpaired) electrons. The van der Waals surface area contributed by atoms with Crippen LogP contribution in [0.4, 0.5) is 18.9 Å². The average Bonchev–Trinajstić information content (AvgIpc) is 2.72. The highest BCUT2D eigenvalue weighted by Gasteiger charge is 2.40. The summed E-state index contributed by atoms with van der Waals surface area (Å²) in [4.78, 5) is 24.3. The number of hydrogen-bond acceptors (Lipinski definition) is 2. The van der Waals surface area contributed by atoms with E-state index < -0.39 is 30.5 Å². The maximum absolute atomic E-state index is 12.3. The van der Waals surface area contributed by atoms with Crippen LogP contribution in [0.5, 0.6) is 0 Å². The first-order valence-electron chi connectivity index (χ1n) is 6.26. The minimum absolute atomic E-state index is 0.212. The molecule has 1 aromatic carbocycles. The number of carbonyl (C=O) groups excluding carboxylic acids is 2. The van der Waals surface area contributed by atoms with Crippen LogP contribution < -0.4 is 5.32 Å². The van der Waals surface area contributed by atoms with Crippen LogP contribution in [0.25, 0.3) is 0 Å². The molecule has 1 N–H and O–H groups in total. The van der Waals surface area contributed by atoms with Crippen LogP contribution in [0.3, 0.4) is 0 Å². The lowest BCUT2D eigenvalue weighted by Crippen LogP contribution is -2.36. The van der Waals surface area contributed by atoms with Crippen molar-refractivity contribution in [2.24, 2.45) is 5.92 Å². The second-order valence-electron chi connectivity index (χ2n) is 4.90. The quantitative estimate of drug-likeness (QED) is 0.776. The van der Waals surface area contributed by atoms with Crippen LogP contribution in [0.1, 0.15) is 6.42 Å². The summed E-state index contributed by atoms with van der Waals surface area (Å²) < 4.78 is 38.5. The summed E-state index contributed by atoms with van der Waals surface area (Å²) in [5.74, 6) is -1.92. The van der Waals surface area contributed by atoms with Gasteiger partial charge in [0.15, 0.2) is 0 Å². The number of halogens is 5. The van der Waals surface area contributed by atoms with Gasteiger partial charge in [0.1, 0.15) is 6.54 Å². The molecule has 2 amide bonds. The molecule has 1 unspecified atom stereocenters. The first-order chi connectivity index (χ1) is 10.2. The molecule has 1 aromatic rings. The lowest BCUT2D eigenvalue weighted by atomic mass is 10.1. The van der Waals surface area contributed by atoms with Crippen LogP contribution in [0.2, 0.25) is 0 Å². The fourth-order valence-electron chi connectivity index (χ4n) is 2.14. The Hall–Kier alpha value is -1.09. The van der Waals surface area contributed by atoms with Crippen molar-refractivity contribution in [1.29, 1.82) is 0 Å². The van der Waals surface area contributed by atoms with Crippen molar-refractivity contribution in [1.82, 2.24) is 4.90 Å². The molecule has 0 aromatic heterocycles. The third-order valence-electron chi connectivity index (χ3n) is 3.14. The van der Waals surface area contributed by atoms with E-state index in [9.17, 15) is 22.8 Å². The first-order valence-corrected chi connectivity index (χ1v) is 7.85. The van der Waals surface area contributed by atoms with Gasteiger partial charge in [-0.2, -0.15) is 13.2 Å². The van der Waals surface area contributed by atoms with Gasteiger partial charge in [0.2, 0.25) is 11.8 Å². The standard InChI is InChI=1S/C13H11Br2F3N2O2/c14-8-1-2-10(9(15)4-8)19-12(22)7-3-11(21)20(5-7)6-13(16,17)18/h1-2,4,7H,3,5-6H2,(H,19,22). The van der Waals surface area contributed by atoms with E-state index in [0.717, 1.165) is 4.47 Å². The summed E-state index contributed by atoms with van der Waals surface area (Å²) in [6.07, 6.45) is -4.67. The van der Waals surface area contributed by atoms with E-state index in [2.05, 4.69) is 37.2 Å². The number of anilines is 1. The molecule has 4 nitrogen and oxygen atoms in total. The van der Waals surface area contributed by atoms with E-state index in [1.54, 1.807) is 18.2 Å². The van der Waals surface area contributed by atoms with Gasteiger partial charge in [0, 0.05) is 21.9 Å². The summed E-state index contributed by atoms with van der Waals surface area (Å²) >= 11 is 6.55. The van der Waals surface area contributed by atoms with Gasteiger partial charge in [0.05, 0.1) is 11.6 Å². The summed E-state index contributed by atoms with van der Waals surface area (Å²) in [6.45, 7) is -1.55. The van der Waals surface area contributed by atoms with Gasteiger partial charge in [-0.25, -0.2) is 0 Å². The lowest BCUT2D eigenvalue weighted by molar-refractivity contribution is -0.157. The highest BCUT2D eigenvalue weighted by molar-refractivity contribution is 9.11. The summed E-state index contributed by atoms with van der Waals surface area (Å²) in [5, 5.41) is 2.62. The number of nitrogens with one attached hydrogen (secondary N) is 1. The van der Waals surface area contributed by atoms with Gasteiger partial charge < -0.3 is 10.2 Å². The molecule has 120 valence electrons. The number of nitrogens with zero attached hydrogens (tertiary/aromatic N) is 1. The van der Waals surface area contributed by atoms with Crippen molar-refractivity contribution in [3.63, 3.8) is 0 Å². The third kappa shape index (κ3) is 4.45. The maximum Gasteiger partial charge on any atom is 0.406 e. The Morgan fingerprint density at radius 2 is 2.05 bits per heavy atom. The number of rotatable bonds is 3. The number of alkyl halides is 3. The van der Waals surface area contributed by atoms with Crippen LogP contribution in [-0.2, 0) is 9.59 Å². The molecule has 0 aliphatic carbocycles. The fraction of sp³-hybridized carbons (Fsp3) is 0.385. The van der Waals surface area contributed by atoms with E-state index in [1.807, 2.05) is 0 Å². The first kappa shape index (κ1) is 17.3. The molecule has 2 rings (SSSR count). The predicted octanol–water partition coefficient (Wildman–Crippen LogP) is 3.56. The molecule has 0 saturated carbocycles. The summed E-state index contributed by atoms with van der Waals surface area (Å²) in [6, 6.07) is 5.10. The molecule has 1 aliphatic heterocycles. The van der Waals surface area contributed by atoms with Crippen LogP contribution in [0, 0.1) is 5.92 Å². The molecule has 1 heterocycles. The average molecular weight is 444 g/mol. The molecule has 1 atom stereocenters. The number of carbonyl (C=O) groups is 2. The molecule has 22 heavy (non-hydrogen) atoms. The number of amides is 2. The van der Waals surface area contributed by atoms with E-state index >= 15 is 0 Å². The third-order valence-corrected chi connectivity index (χ3v) is 4.29. The largest absolute Gasteiger partial charge is 0.406 e. The van der Waals surface area contributed by atoms with Gasteiger partial charge >= 0.3 is 6.18 Å². The van der Waals surface area contributed by atoms with E-state index in [1.165, 1.54) is 0 Å². The number of benzene rings is 1. The molecule has 1 saturated heterocycles. The van der Waals surface area contributed by atoms with Gasteiger partial charge in [0.25, 0.3) is 0 Å². The Labute approximate surface area is 141 Å². The molecular weight excluding hydrogens is 433 g/mol. The lowest BCUT2D eigenvalue weighted by Gasteiger charge is -2.18. The Kier molecular flexibility index (Phi) is 5.16. The zero-order valence-electron chi connectivity index (χ0n) is 11.1. The predicted molar refractivity (Wildman–Crippen MR) is 81.2 cm³/mol. The van der Waals surface area contributed by atoms with E-state index in [4.69, 9.17) is 0 Å².